The Morgan fingerprint density at radius 3 is 2.05 bits per heavy atom. The average Bonchev–Trinajstić information content (AvgIpc) is 3.55. The number of fused-ring (bicyclic) bond motifs is 1. The van der Waals surface area contributed by atoms with Crippen LogP contribution >= 0.6 is 0 Å². The molecule has 3 aliphatic rings. The highest BCUT2D eigenvalue weighted by Crippen LogP contribution is 2.68. The van der Waals surface area contributed by atoms with E-state index < -0.39 is 64.4 Å². The molecule has 1 N–H and O–H groups in total. The summed E-state index contributed by atoms with van der Waals surface area (Å²) in [6.07, 6.45) is 0.800. The SMILES string of the molecule is CC(=O)O[C@H]1CC[C@](C)(O)[C@]23OC(C)(C)[C@H](C[C@H](OC(=O)c4ccco4)[C@]12C)[C@H]3OC(=O)c1ccco1. The zero-order valence-corrected chi connectivity index (χ0v) is 21.5. The van der Waals surface area contributed by atoms with Crippen molar-refractivity contribution in [2.45, 2.75) is 89.0 Å². The van der Waals surface area contributed by atoms with Crippen LogP contribution in [0.25, 0.3) is 0 Å². The number of aliphatic hydroxyl groups is 1. The smallest absolute Gasteiger partial charge is 0.374 e. The van der Waals surface area contributed by atoms with Gasteiger partial charge in [0.1, 0.15) is 23.9 Å². The van der Waals surface area contributed by atoms with E-state index in [4.69, 9.17) is 27.8 Å². The summed E-state index contributed by atoms with van der Waals surface area (Å²) in [4.78, 5) is 38.4. The molecule has 0 aromatic carbocycles. The number of carbonyl (C=O) groups excluding carboxylic acids is 3. The lowest BCUT2D eigenvalue weighted by Crippen LogP contribution is -2.79. The molecule has 3 heterocycles. The summed E-state index contributed by atoms with van der Waals surface area (Å²) in [6, 6.07) is 6.14. The first-order chi connectivity index (χ1) is 17.3. The maximum absolute atomic E-state index is 13.1. The van der Waals surface area contributed by atoms with Gasteiger partial charge in [0.15, 0.2) is 0 Å². The summed E-state index contributed by atoms with van der Waals surface area (Å²) in [6.45, 7) is 8.38. The largest absolute Gasteiger partial charge is 0.462 e. The van der Waals surface area contributed by atoms with Crippen LogP contribution in [0.4, 0.5) is 0 Å². The predicted molar refractivity (Wildman–Crippen MR) is 125 cm³/mol. The van der Waals surface area contributed by atoms with Crippen molar-refractivity contribution in [1.82, 2.24) is 0 Å². The third kappa shape index (κ3) is 3.64. The molecule has 0 amide bonds. The minimum atomic E-state index is -1.60. The van der Waals surface area contributed by atoms with Gasteiger partial charge in [0.05, 0.1) is 29.1 Å². The van der Waals surface area contributed by atoms with Crippen LogP contribution in [0, 0.1) is 11.3 Å². The molecule has 1 aliphatic heterocycles. The Hall–Kier alpha value is -3.11. The van der Waals surface area contributed by atoms with Gasteiger partial charge in [0.25, 0.3) is 0 Å². The average molecular weight is 517 g/mol. The van der Waals surface area contributed by atoms with E-state index >= 15 is 0 Å². The Bertz CT molecular complexity index is 1180. The number of furan rings is 2. The number of carbonyl (C=O) groups is 3. The van der Waals surface area contributed by atoms with Crippen LogP contribution in [0.15, 0.2) is 45.6 Å². The maximum Gasteiger partial charge on any atom is 0.374 e. The molecule has 3 fully saturated rings. The number of esters is 3. The molecule has 1 spiro atoms. The summed E-state index contributed by atoms with van der Waals surface area (Å²) >= 11 is 0. The lowest BCUT2D eigenvalue weighted by atomic mass is 9.47. The minimum Gasteiger partial charge on any atom is -0.462 e. The second kappa shape index (κ2) is 8.46. The molecule has 5 rings (SSSR count). The molecule has 37 heavy (non-hydrogen) atoms. The quantitative estimate of drug-likeness (QED) is 0.463. The van der Waals surface area contributed by atoms with E-state index in [1.165, 1.54) is 31.6 Å². The van der Waals surface area contributed by atoms with Crippen LogP contribution in [0.5, 0.6) is 0 Å². The van der Waals surface area contributed by atoms with E-state index in [1.807, 2.05) is 13.8 Å². The van der Waals surface area contributed by atoms with Crippen molar-refractivity contribution in [2.75, 3.05) is 0 Å². The van der Waals surface area contributed by atoms with E-state index in [-0.39, 0.29) is 30.8 Å². The summed E-state index contributed by atoms with van der Waals surface area (Å²) in [5.41, 5.74) is -5.35. The fourth-order valence-electron chi connectivity index (χ4n) is 6.94. The molecule has 2 aliphatic carbocycles. The molecule has 0 unspecified atom stereocenters. The number of hydrogen-bond acceptors (Lipinski definition) is 10. The predicted octanol–water partition coefficient (Wildman–Crippen LogP) is 3.67. The molecule has 7 atom stereocenters. The summed E-state index contributed by atoms with van der Waals surface area (Å²) in [5, 5.41) is 12.0. The van der Waals surface area contributed by atoms with Gasteiger partial charge in [-0.25, -0.2) is 9.59 Å². The van der Waals surface area contributed by atoms with Gasteiger partial charge >= 0.3 is 17.9 Å². The first-order valence-corrected chi connectivity index (χ1v) is 12.4. The summed E-state index contributed by atoms with van der Waals surface area (Å²) < 4.78 is 35.2. The van der Waals surface area contributed by atoms with E-state index in [1.54, 1.807) is 26.0 Å². The van der Waals surface area contributed by atoms with E-state index in [0.29, 0.717) is 0 Å². The molecular formula is C27H32O10. The van der Waals surface area contributed by atoms with Crippen molar-refractivity contribution >= 4 is 17.9 Å². The zero-order valence-electron chi connectivity index (χ0n) is 21.5. The van der Waals surface area contributed by atoms with E-state index in [0.717, 1.165) is 0 Å². The third-order valence-electron chi connectivity index (χ3n) is 8.62. The van der Waals surface area contributed by atoms with Gasteiger partial charge in [-0.3, -0.25) is 4.79 Å². The Labute approximate surface area is 214 Å². The van der Waals surface area contributed by atoms with E-state index in [9.17, 15) is 19.5 Å². The minimum absolute atomic E-state index is 0.00803. The maximum atomic E-state index is 13.1. The van der Waals surface area contributed by atoms with Crippen molar-refractivity contribution in [1.29, 1.82) is 0 Å². The fourth-order valence-corrected chi connectivity index (χ4v) is 6.94. The van der Waals surface area contributed by atoms with Gasteiger partial charge in [0, 0.05) is 12.8 Å². The third-order valence-corrected chi connectivity index (χ3v) is 8.62. The topological polar surface area (TPSA) is 135 Å². The molecule has 2 saturated carbocycles. The van der Waals surface area contributed by atoms with Gasteiger partial charge in [-0.1, -0.05) is 0 Å². The highest BCUT2D eigenvalue weighted by molar-refractivity contribution is 5.87. The molecule has 10 heteroatoms. The van der Waals surface area contributed by atoms with Crippen LogP contribution in [-0.4, -0.2) is 58.1 Å². The molecule has 2 aromatic rings. The number of ether oxygens (including phenoxy) is 4. The van der Waals surface area contributed by atoms with Crippen LogP contribution in [0.1, 0.15) is 75.0 Å². The standard InChI is InChI=1S/C27H32O10/c1-15(28)34-19-10-11-25(4,31)27-21(36-23(30)18-9-7-13-33-18)16(24(2,3)37-27)14-20(26(19,27)5)35-22(29)17-8-6-12-32-17/h6-9,12-13,16,19-21,31H,10-11,14H2,1-5H3/t16-,19+,20+,21-,25+,26+,27+/m1/s1. The zero-order chi connectivity index (χ0) is 26.8. The van der Waals surface area contributed by atoms with Crippen LogP contribution < -0.4 is 0 Å². The van der Waals surface area contributed by atoms with Crippen molar-refractivity contribution in [2.24, 2.45) is 11.3 Å². The molecule has 200 valence electrons. The first kappa shape index (κ1) is 25.5. The first-order valence-electron chi connectivity index (χ1n) is 12.4. The molecule has 10 nitrogen and oxygen atoms in total. The molecule has 1 saturated heterocycles. The van der Waals surface area contributed by atoms with Crippen LogP contribution in [-0.2, 0) is 23.7 Å². The highest BCUT2D eigenvalue weighted by Gasteiger charge is 2.82. The second-order valence-electron chi connectivity index (χ2n) is 11.2. The number of rotatable bonds is 5. The van der Waals surface area contributed by atoms with Gasteiger partial charge in [-0.05, 0) is 71.2 Å². The monoisotopic (exact) mass is 516 g/mol. The Balaban J connectivity index is 1.65. The van der Waals surface area contributed by atoms with Crippen LogP contribution in [0.3, 0.4) is 0 Å². The normalized spacial score (nSPS) is 37.9. The van der Waals surface area contributed by atoms with Gasteiger partial charge in [-0.15, -0.1) is 0 Å². The van der Waals surface area contributed by atoms with Crippen molar-refractivity contribution < 1.29 is 47.3 Å². The van der Waals surface area contributed by atoms with Crippen LogP contribution in [0.2, 0.25) is 0 Å². The van der Waals surface area contributed by atoms with Crippen molar-refractivity contribution in [3.05, 3.63) is 48.3 Å². The second-order valence-corrected chi connectivity index (χ2v) is 11.2. The lowest BCUT2D eigenvalue weighted by Gasteiger charge is -2.64. The summed E-state index contributed by atoms with van der Waals surface area (Å²) in [5.74, 6) is -2.38. The fraction of sp³-hybridized carbons (Fsp3) is 0.593. The summed E-state index contributed by atoms with van der Waals surface area (Å²) in [7, 11) is 0. The highest BCUT2D eigenvalue weighted by atomic mass is 16.6. The molecule has 2 bridgehead atoms. The molecule has 2 aromatic heterocycles. The Kier molecular flexibility index (Phi) is 5.84. The number of hydrogen-bond donors (Lipinski definition) is 1. The Morgan fingerprint density at radius 2 is 1.51 bits per heavy atom. The van der Waals surface area contributed by atoms with Crippen molar-refractivity contribution in [3.63, 3.8) is 0 Å². The molecule has 0 radical (unpaired) electrons. The Morgan fingerprint density at radius 1 is 0.919 bits per heavy atom. The lowest BCUT2D eigenvalue weighted by molar-refractivity contribution is -0.326. The van der Waals surface area contributed by atoms with E-state index in [2.05, 4.69) is 0 Å². The van der Waals surface area contributed by atoms with Gasteiger partial charge in [-0.2, -0.15) is 0 Å². The van der Waals surface area contributed by atoms with Gasteiger partial charge < -0.3 is 32.9 Å². The van der Waals surface area contributed by atoms with Gasteiger partial charge in [0.2, 0.25) is 11.5 Å². The molecular weight excluding hydrogens is 484 g/mol. The van der Waals surface area contributed by atoms with Crippen molar-refractivity contribution in [3.8, 4) is 0 Å².